The molecule has 1 atom stereocenters. The Morgan fingerprint density at radius 2 is 1.71 bits per heavy atom. The Kier molecular flexibility index (Phi) is 4.79. The van der Waals surface area contributed by atoms with Gasteiger partial charge in [0.05, 0.1) is 24.9 Å². The van der Waals surface area contributed by atoms with E-state index in [9.17, 15) is 0 Å². The second-order valence-corrected chi connectivity index (χ2v) is 5.42. The fourth-order valence-corrected chi connectivity index (χ4v) is 3.28. The molecule has 0 bridgehead atoms. The van der Waals surface area contributed by atoms with Gasteiger partial charge in [-0.3, -0.25) is 4.90 Å². The SMILES string of the molecule is OCCN(CCO)CC1CCC2(CCCC2)O1. The highest BCUT2D eigenvalue weighted by atomic mass is 16.5. The summed E-state index contributed by atoms with van der Waals surface area (Å²) in [6, 6.07) is 0. The highest BCUT2D eigenvalue weighted by Crippen LogP contribution is 2.43. The Balaban J connectivity index is 1.79. The Morgan fingerprint density at radius 3 is 2.29 bits per heavy atom. The fourth-order valence-electron chi connectivity index (χ4n) is 3.28. The van der Waals surface area contributed by atoms with Crippen LogP contribution in [0.1, 0.15) is 38.5 Å². The number of aliphatic hydroxyl groups excluding tert-OH is 2. The van der Waals surface area contributed by atoms with E-state index in [1.165, 1.54) is 32.1 Å². The van der Waals surface area contributed by atoms with Gasteiger partial charge in [-0.25, -0.2) is 0 Å². The first kappa shape index (κ1) is 13.3. The van der Waals surface area contributed by atoms with Crippen LogP contribution in [0.15, 0.2) is 0 Å². The molecule has 1 aliphatic carbocycles. The third-order valence-electron chi connectivity index (χ3n) is 4.15. The van der Waals surface area contributed by atoms with E-state index in [0.29, 0.717) is 19.2 Å². The van der Waals surface area contributed by atoms with Gasteiger partial charge in [0.2, 0.25) is 0 Å². The maximum atomic E-state index is 8.98. The maximum Gasteiger partial charge on any atom is 0.0710 e. The van der Waals surface area contributed by atoms with E-state index < -0.39 is 0 Å². The number of hydrogen-bond donors (Lipinski definition) is 2. The second kappa shape index (κ2) is 6.14. The van der Waals surface area contributed by atoms with Gasteiger partial charge in [0, 0.05) is 19.6 Å². The van der Waals surface area contributed by atoms with Crippen LogP contribution in [0, 0.1) is 0 Å². The molecule has 1 aliphatic heterocycles. The zero-order chi connectivity index (χ0) is 12.1. The predicted octanol–water partition coefficient (Wildman–Crippen LogP) is 0.765. The van der Waals surface area contributed by atoms with Crippen molar-refractivity contribution >= 4 is 0 Å². The van der Waals surface area contributed by atoms with Crippen molar-refractivity contribution in [1.29, 1.82) is 0 Å². The fraction of sp³-hybridized carbons (Fsp3) is 1.00. The van der Waals surface area contributed by atoms with Gasteiger partial charge in [-0.2, -0.15) is 0 Å². The van der Waals surface area contributed by atoms with Gasteiger partial charge in [0.25, 0.3) is 0 Å². The van der Waals surface area contributed by atoms with Crippen LogP contribution in [0.4, 0.5) is 0 Å². The summed E-state index contributed by atoms with van der Waals surface area (Å²) < 4.78 is 6.23. The first-order valence-electron chi connectivity index (χ1n) is 6.90. The van der Waals surface area contributed by atoms with Crippen LogP contribution in [-0.2, 0) is 4.74 Å². The first-order valence-corrected chi connectivity index (χ1v) is 6.90. The molecule has 2 aliphatic rings. The van der Waals surface area contributed by atoms with Crippen molar-refractivity contribution in [2.45, 2.75) is 50.2 Å². The van der Waals surface area contributed by atoms with Gasteiger partial charge in [-0.05, 0) is 25.7 Å². The summed E-state index contributed by atoms with van der Waals surface area (Å²) in [4.78, 5) is 2.10. The summed E-state index contributed by atoms with van der Waals surface area (Å²) in [7, 11) is 0. The van der Waals surface area contributed by atoms with Crippen molar-refractivity contribution in [2.75, 3.05) is 32.8 Å². The Bertz CT molecular complexity index is 223. The quantitative estimate of drug-likeness (QED) is 0.723. The largest absolute Gasteiger partial charge is 0.395 e. The minimum Gasteiger partial charge on any atom is -0.395 e. The van der Waals surface area contributed by atoms with Crippen LogP contribution in [0.3, 0.4) is 0 Å². The topological polar surface area (TPSA) is 52.9 Å². The number of rotatable bonds is 6. The van der Waals surface area contributed by atoms with E-state index >= 15 is 0 Å². The minimum absolute atomic E-state index is 0.151. The lowest BCUT2D eigenvalue weighted by Crippen LogP contribution is -2.37. The molecule has 1 saturated heterocycles. The van der Waals surface area contributed by atoms with Crippen LogP contribution >= 0.6 is 0 Å². The standard InChI is InChI=1S/C13H25NO3/c15-9-7-14(8-10-16)11-12-3-6-13(17-12)4-1-2-5-13/h12,15-16H,1-11H2. The molecule has 4 nitrogen and oxygen atoms in total. The van der Waals surface area contributed by atoms with Crippen molar-refractivity contribution in [3.8, 4) is 0 Å². The van der Waals surface area contributed by atoms with Gasteiger partial charge in [0.15, 0.2) is 0 Å². The van der Waals surface area contributed by atoms with E-state index in [-0.39, 0.29) is 18.8 Å². The summed E-state index contributed by atoms with van der Waals surface area (Å²) >= 11 is 0. The van der Waals surface area contributed by atoms with Gasteiger partial charge in [-0.15, -0.1) is 0 Å². The maximum absolute atomic E-state index is 8.98. The van der Waals surface area contributed by atoms with E-state index in [1.807, 2.05) is 0 Å². The van der Waals surface area contributed by atoms with E-state index in [2.05, 4.69) is 4.90 Å². The van der Waals surface area contributed by atoms with Gasteiger partial charge < -0.3 is 14.9 Å². The summed E-state index contributed by atoms with van der Waals surface area (Å²) in [5.74, 6) is 0. The van der Waals surface area contributed by atoms with Crippen molar-refractivity contribution in [1.82, 2.24) is 4.90 Å². The molecule has 0 aromatic rings. The van der Waals surface area contributed by atoms with E-state index in [4.69, 9.17) is 14.9 Å². The third-order valence-corrected chi connectivity index (χ3v) is 4.15. The molecule has 2 rings (SSSR count). The Labute approximate surface area is 104 Å². The molecule has 0 aromatic carbocycles. The average Bonchev–Trinajstić information content (AvgIpc) is 2.91. The van der Waals surface area contributed by atoms with Crippen LogP contribution in [0.25, 0.3) is 0 Å². The Hall–Kier alpha value is -0.160. The minimum atomic E-state index is 0.151. The predicted molar refractivity (Wildman–Crippen MR) is 65.9 cm³/mol. The van der Waals surface area contributed by atoms with Crippen LogP contribution in [-0.4, -0.2) is 59.7 Å². The molecular weight excluding hydrogens is 218 g/mol. The summed E-state index contributed by atoms with van der Waals surface area (Å²) in [6.07, 6.45) is 7.70. The average molecular weight is 243 g/mol. The molecule has 100 valence electrons. The second-order valence-electron chi connectivity index (χ2n) is 5.42. The molecule has 0 aromatic heterocycles. The Morgan fingerprint density at radius 1 is 1.06 bits per heavy atom. The number of nitrogens with zero attached hydrogens (tertiary/aromatic N) is 1. The lowest BCUT2D eigenvalue weighted by molar-refractivity contribution is -0.0491. The van der Waals surface area contributed by atoms with Gasteiger partial charge >= 0.3 is 0 Å². The van der Waals surface area contributed by atoms with Crippen LogP contribution in [0.5, 0.6) is 0 Å². The van der Waals surface area contributed by atoms with Crippen molar-refractivity contribution < 1.29 is 14.9 Å². The van der Waals surface area contributed by atoms with Gasteiger partial charge in [0.1, 0.15) is 0 Å². The van der Waals surface area contributed by atoms with Gasteiger partial charge in [-0.1, -0.05) is 12.8 Å². The van der Waals surface area contributed by atoms with Crippen molar-refractivity contribution in [3.05, 3.63) is 0 Å². The molecule has 2 fully saturated rings. The molecule has 0 radical (unpaired) electrons. The summed E-state index contributed by atoms with van der Waals surface area (Å²) in [5.41, 5.74) is 0.189. The van der Waals surface area contributed by atoms with Crippen molar-refractivity contribution in [2.24, 2.45) is 0 Å². The molecule has 17 heavy (non-hydrogen) atoms. The summed E-state index contributed by atoms with van der Waals surface area (Å²) in [6.45, 7) is 2.42. The molecule has 0 amide bonds. The third kappa shape index (κ3) is 3.41. The number of hydrogen-bond acceptors (Lipinski definition) is 4. The van der Waals surface area contributed by atoms with Crippen molar-refractivity contribution in [3.63, 3.8) is 0 Å². The zero-order valence-electron chi connectivity index (χ0n) is 10.6. The first-order chi connectivity index (χ1) is 8.28. The lowest BCUT2D eigenvalue weighted by Gasteiger charge is -2.27. The summed E-state index contributed by atoms with van der Waals surface area (Å²) in [5, 5.41) is 18.0. The molecular formula is C13H25NO3. The normalized spacial score (nSPS) is 27.4. The molecule has 1 saturated carbocycles. The molecule has 1 heterocycles. The number of ether oxygens (including phenoxy) is 1. The molecule has 1 spiro atoms. The number of aliphatic hydroxyl groups is 2. The molecule has 4 heteroatoms. The monoisotopic (exact) mass is 243 g/mol. The lowest BCUT2D eigenvalue weighted by atomic mass is 9.98. The van der Waals surface area contributed by atoms with E-state index in [1.54, 1.807) is 0 Å². The highest BCUT2D eigenvalue weighted by Gasteiger charge is 2.42. The molecule has 1 unspecified atom stereocenters. The smallest absolute Gasteiger partial charge is 0.0710 e. The van der Waals surface area contributed by atoms with E-state index in [0.717, 1.165) is 13.0 Å². The zero-order valence-corrected chi connectivity index (χ0v) is 10.6. The van der Waals surface area contributed by atoms with Crippen LogP contribution < -0.4 is 0 Å². The molecule has 2 N–H and O–H groups in total. The highest BCUT2D eigenvalue weighted by molar-refractivity contribution is 4.93. The van der Waals surface area contributed by atoms with Crippen LogP contribution in [0.2, 0.25) is 0 Å².